The first-order valence-electron chi connectivity index (χ1n) is 7.37. The minimum atomic E-state index is -0.1000. The van der Waals surface area contributed by atoms with Gasteiger partial charge in [-0.3, -0.25) is 0 Å². The molecule has 0 bridgehead atoms. The van der Waals surface area contributed by atoms with Gasteiger partial charge < -0.3 is 19.9 Å². The molecule has 3 unspecified atom stereocenters. The molecule has 2 rings (SSSR count). The zero-order valence-corrected chi connectivity index (χ0v) is 11.5. The summed E-state index contributed by atoms with van der Waals surface area (Å²) in [6.07, 6.45) is 6.97. The summed E-state index contributed by atoms with van der Waals surface area (Å²) >= 11 is 0. The van der Waals surface area contributed by atoms with Crippen LogP contribution in [0.4, 0.5) is 0 Å². The molecule has 1 heterocycles. The summed E-state index contributed by atoms with van der Waals surface area (Å²) in [7, 11) is 0. The lowest BCUT2D eigenvalue weighted by Crippen LogP contribution is -2.47. The molecule has 1 aliphatic carbocycles. The maximum absolute atomic E-state index is 9.60. The van der Waals surface area contributed by atoms with Crippen LogP contribution in [0.5, 0.6) is 0 Å². The molecule has 0 aromatic heterocycles. The Morgan fingerprint density at radius 1 is 1.44 bits per heavy atom. The molecule has 4 nitrogen and oxygen atoms in total. The molecule has 0 aromatic rings. The molecule has 1 saturated carbocycles. The summed E-state index contributed by atoms with van der Waals surface area (Å²) in [6, 6.07) is 0. The van der Waals surface area contributed by atoms with E-state index in [0.717, 1.165) is 58.3 Å². The van der Waals surface area contributed by atoms with Crippen molar-refractivity contribution in [3.05, 3.63) is 0 Å². The summed E-state index contributed by atoms with van der Waals surface area (Å²) in [5.41, 5.74) is -0.1000. The maximum atomic E-state index is 9.60. The topological polar surface area (TPSA) is 50.7 Å². The molecule has 0 spiro atoms. The van der Waals surface area contributed by atoms with Crippen molar-refractivity contribution < 1.29 is 14.6 Å². The summed E-state index contributed by atoms with van der Waals surface area (Å²) in [5.74, 6) is 0. The Bertz CT molecular complexity index is 243. The highest BCUT2D eigenvalue weighted by atomic mass is 16.5. The highest BCUT2D eigenvalue weighted by molar-refractivity contribution is 4.96. The normalized spacial score (nSPS) is 36.3. The van der Waals surface area contributed by atoms with Crippen LogP contribution in [0.25, 0.3) is 0 Å². The van der Waals surface area contributed by atoms with Gasteiger partial charge in [0.05, 0.1) is 25.4 Å². The van der Waals surface area contributed by atoms with Crippen LogP contribution in [-0.2, 0) is 9.47 Å². The Hall–Kier alpha value is -0.160. The molecule has 0 amide bonds. The molecule has 2 N–H and O–H groups in total. The monoisotopic (exact) mass is 257 g/mol. The first-order valence-corrected chi connectivity index (χ1v) is 7.37. The molecular weight excluding hydrogens is 230 g/mol. The molecule has 2 aliphatic rings. The van der Waals surface area contributed by atoms with E-state index < -0.39 is 0 Å². The Morgan fingerprint density at radius 2 is 2.33 bits per heavy atom. The molecule has 1 aliphatic heterocycles. The standard InChI is InChI=1S/C14H27NO3/c1-2-7-15-14(11-16)6-5-12(9-14)18-10-13-4-3-8-17-13/h12-13,15-16H,2-11H2,1H3. The van der Waals surface area contributed by atoms with E-state index in [-0.39, 0.29) is 18.2 Å². The van der Waals surface area contributed by atoms with Gasteiger partial charge in [-0.2, -0.15) is 0 Å². The van der Waals surface area contributed by atoms with Crippen molar-refractivity contribution >= 4 is 0 Å². The van der Waals surface area contributed by atoms with E-state index >= 15 is 0 Å². The second-order valence-electron chi connectivity index (χ2n) is 5.70. The van der Waals surface area contributed by atoms with Crippen molar-refractivity contribution in [3.63, 3.8) is 0 Å². The Kier molecular flexibility index (Phi) is 5.42. The van der Waals surface area contributed by atoms with E-state index in [1.165, 1.54) is 0 Å². The van der Waals surface area contributed by atoms with Crippen LogP contribution in [0.15, 0.2) is 0 Å². The lowest BCUT2D eigenvalue weighted by molar-refractivity contribution is -0.0215. The van der Waals surface area contributed by atoms with Crippen LogP contribution in [0.3, 0.4) is 0 Å². The smallest absolute Gasteiger partial charge is 0.0809 e. The van der Waals surface area contributed by atoms with Gasteiger partial charge in [-0.1, -0.05) is 6.92 Å². The van der Waals surface area contributed by atoms with Gasteiger partial charge in [0.2, 0.25) is 0 Å². The van der Waals surface area contributed by atoms with Gasteiger partial charge in [0.1, 0.15) is 0 Å². The summed E-state index contributed by atoms with van der Waals surface area (Å²) in [5, 5.41) is 13.1. The lowest BCUT2D eigenvalue weighted by atomic mass is 9.98. The minimum Gasteiger partial charge on any atom is -0.394 e. The van der Waals surface area contributed by atoms with E-state index in [4.69, 9.17) is 9.47 Å². The molecule has 0 aromatic carbocycles. The summed E-state index contributed by atoms with van der Waals surface area (Å²) in [6.45, 7) is 4.95. The van der Waals surface area contributed by atoms with Crippen LogP contribution in [0, 0.1) is 0 Å². The first-order chi connectivity index (χ1) is 8.78. The second-order valence-corrected chi connectivity index (χ2v) is 5.70. The molecule has 2 fully saturated rings. The Balaban J connectivity index is 1.71. The molecule has 18 heavy (non-hydrogen) atoms. The summed E-state index contributed by atoms with van der Waals surface area (Å²) < 4.78 is 11.5. The third-order valence-corrected chi connectivity index (χ3v) is 4.16. The van der Waals surface area contributed by atoms with E-state index in [1.54, 1.807) is 0 Å². The van der Waals surface area contributed by atoms with Crippen LogP contribution >= 0.6 is 0 Å². The third kappa shape index (κ3) is 3.67. The van der Waals surface area contributed by atoms with Gasteiger partial charge in [-0.05, 0) is 45.1 Å². The maximum Gasteiger partial charge on any atom is 0.0809 e. The average molecular weight is 257 g/mol. The fourth-order valence-electron chi connectivity index (χ4n) is 2.99. The van der Waals surface area contributed by atoms with E-state index in [2.05, 4.69) is 12.2 Å². The predicted octanol–water partition coefficient (Wildman–Crippen LogP) is 1.47. The van der Waals surface area contributed by atoms with E-state index in [9.17, 15) is 5.11 Å². The fraction of sp³-hybridized carbons (Fsp3) is 1.00. The van der Waals surface area contributed by atoms with Crippen LogP contribution < -0.4 is 5.32 Å². The largest absolute Gasteiger partial charge is 0.394 e. The van der Waals surface area contributed by atoms with Gasteiger partial charge >= 0.3 is 0 Å². The second kappa shape index (κ2) is 6.85. The number of rotatable bonds is 7. The van der Waals surface area contributed by atoms with Crippen molar-refractivity contribution in [1.29, 1.82) is 0 Å². The third-order valence-electron chi connectivity index (χ3n) is 4.16. The van der Waals surface area contributed by atoms with E-state index in [1.807, 2.05) is 0 Å². The molecule has 3 atom stereocenters. The summed E-state index contributed by atoms with van der Waals surface area (Å²) in [4.78, 5) is 0. The van der Waals surface area contributed by atoms with Crippen molar-refractivity contribution in [2.45, 2.75) is 63.2 Å². The first kappa shape index (κ1) is 14.3. The predicted molar refractivity (Wildman–Crippen MR) is 70.7 cm³/mol. The van der Waals surface area contributed by atoms with Crippen molar-refractivity contribution in [2.75, 3.05) is 26.4 Å². The van der Waals surface area contributed by atoms with Crippen LogP contribution in [0.1, 0.15) is 45.4 Å². The SMILES string of the molecule is CCCNC1(CO)CCC(OCC2CCCO2)C1. The Labute approximate surface area is 110 Å². The number of nitrogens with one attached hydrogen (secondary N) is 1. The zero-order chi connectivity index (χ0) is 12.8. The molecule has 1 saturated heterocycles. The number of ether oxygens (including phenoxy) is 2. The number of aliphatic hydroxyl groups excluding tert-OH is 1. The molecule has 106 valence electrons. The van der Waals surface area contributed by atoms with Crippen molar-refractivity contribution in [2.24, 2.45) is 0 Å². The van der Waals surface area contributed by atoms with Crippen LogP contribution in [-0.4, -0.2) is 49.2 Å². The van der Waals surface area contributed by atoms with Gasteiger partial charge in [0, 0.05) is 12.1 Å². The minimum absolute atomic E-state index is 0.1000. The quantitative estimate of drug-likeness (QED) is 0.725. The molecule has 4 heteroatoms. The van der Waals surface area contributed by atoms with Gasteiger partial charge in [0.25, 0.3) is 0 Å². The van der Waals surface area contributed by atoms with Crippen molar-refractivity contribution in [3.8, 4) is 0 Å². The van der Waals surface area contributed by atoms with Gasteiger partial charge in [-0.25, -0.2) is 0 Å². The molecular formula is C14H27NO3. The molecule has 0 radical (unpaired) electrons. The Morgan fingerprint density at radius 3 is 3.00 bits per heavy atom. The fourth-order valence-corrected chi connectivity index (χ4v) is 2.99. The average Bonchev–Trinajstić information content (AvgIpc) is 3.04. The van der Waals surface area contributed by atoms with Crippen LogP contribution in [0.2, 0.25) is 0 Å². The highest BCUT2D eigenvalue weighted by Crippen LogP contribution is 2.32. The highest BCUT2D eigenvalue weighted by Gasteiger charge is 2.38. The number of hydrogen-bond donors (Lipinski definition) is 2. The number of aliphatic hydroxyl groups is 1. The zero-order valence-electron chi connectivity index (χ0n) is 11.5. The van der Waals surface area contributed by atoms with Crippen molar-refractivity contribution in [1.82, 2.24) is 5.32 Å². The van der Waals surface area contributed by atoms with Gasteiger partial charge in [-0.15, -0.1) is 0 Å². The van der Waals surface area contributed by atoms with E-state index in [0.29, 0.717) is 6.10 Å². The number of hydrogen-bond acceptors (Lipinski definition) is 4. The lowest BCUT2D eigenvalue weighted by Gasteiger charge is -2.28. The van der Waals surface area contributed by atoms with Gasteiger partial charge in [0.15, 0.2) is 0 Å².